The highest BCUT2D eigenvalue weighted by Gasteiger charge is 2.10. The monoisotopic (exact) mass is 236 g/mol. The summed E-state index contributed by atoms with van der Waals surface area (Å²) in [6.07, 6.45) is 0.907. The summed E-state index contributed by atoms with van der Waals surface area (Å²) in [5, 5.41) is 2.02. The average Bonchev–Trinajstić information content (AvgIpc) is 2.55. The van der Waals surface area contributed by atoms with Crippen LogP contribution in [0.2, 0.25) is 5.02 Å². The molecule has 0 aliphatic rings. The van der Waals surface area contributed by atoms with Crippen molar-refractivity contribution >= 4 is 22.5 Å². The van der Waals surface area contributed by atoms with E-state index in [9.17, 15) is 0 Å². The lowest BCUT2D eigenvalue weighted by molar-refractivity contribution is 0.594. The van der Waals surface area contributed by atoms with Gasteiger partial charge in [0.05, 0.1) is 0 Å². The molecule has 1 heterocycles. The maximum atomic E-state index is 6.04. The molecule has 1 aromatic heterocycles. The van der Waals surface area contributed by atoms with Crippen LogP contribution in [0.25, 0.3) is 10.9 Å². The van der Waals surface area contributed by atoms with E-state index in [1.54, 1.807) is 0 Å². The zero-order chi connectivity index (χ0) is 11.7. The summed E-state index contributed by atoms with van der Waals surface area (Å²) in [6, 6.07) is 8.66. The van der Waals surface area contributed by atoms with Gasteiger partial charge in [-0.3, -0.25) is 0 Å². The highest BCUT2D eigenvalue weighted by molar-refractivity contribution is 6.31. The second kappa shape index (κ2) is 4.48. The van der Waals surface area contributed by atoms with Crippen LogP contribution in [0.3, 0.4) is 0 Å². The number of nitrogens with zero attached hydrogens (tertiary/aromatic N) is 1. The smallest absolute Gasteiger partial charge is 0.0499 e. The van der Waals surface area contributed by atoms with Gasteiger partial charge in [-0.05, 0) is 50.4 Å². The second-order valence-electron chi connectivity index (χ2n) is 4.34. The van der Waals surface area contributed by atoms with Gasteiger partial charge in [-0.1, -0.05) is 17.7 Å². The Balaban J connectivity index is 2.67. The molecule has 0 fully saturated rings. The minimum atomic E-state index is 0.428. The molecule has 0 radical (unpaired) electrons. The molecule has 0 saturated carbocycles. The number of hydrogen-bond acceptors (Lipinski definition) is 1. The van der Waals surface area contributed by atoms with Crippen molar-refractivity contribution in [3.8, 4) is 0 Å². The molecular weight excluding hydrogens is 220 g/mol. The van der Waals surface area contributed by atoms with Crippen molar-refractivity contribution in [2.45, 2.75) is 26.3 Å². The molecule has 2 rings (SSSR count). The number of rotatable bonds is 3. The summed E-state index contributed by atoms with van der Waals surface area (Å²) in [7, 11) is 0. The minimum Gasteiger partial charge on any atom is -0.342 e. The molecule has 0 amide bonds. The number of halogens is 1. The number of fused-ring (bicyclic) bond motifs is 1. The van der Waals surface area contributed by atoms with Gasteiger partial charge in [0, 0.05) is 22.3 Å². The summed E-state index contributed by atoms with van der Waals surface area (Å²) in [5.74, 6) is 0. The third-order valence-corrected chi connectivity index (χ3v) is 3.04. The molecule has 2 N–H and O–H groups in total. The first-order valence-corrected chi connectivity index (χ1v) is 6.00. The van der Waals surface area contributed by atoms with Gasteiger partial charge in [0.25, 0.3) is 0 Å². The van der Waals surface area contributed by atoms with Gasteiger partial charge in [-0.2, -0.15) is 0 Å². The topological polar surface area (TPSA) is 30.9 Å². The average molecular weight is 237 g/mol. The molecule has 0 spiro atoms. The Labute approximate surface area is 101 Å². The molecule has 1 aromatic carbocycles. The molecular formula is C13H17ClN2. The summed E-state index contributed by atoms with van der Waals surface area (Å²) < 4.78 is 2.31. The third kappa shape index (κ3) is 1.95. The van der Waals surface area contributed by atoms with Gasteiger partial charge in [0.2, 0.25) is 0 Å². The van der Waals surface area contributed by atoms with Crippen LogP contribution < -0.4 is 5.73 Å². The Morgan fingerprint density at radius 2 is 2.06 bits per heavy atom. The van der Waals surface area contributed by atoms with Gasteiger partial charge < -0.3 is 10.3 Å². The molecule has 86 valence electrons. The zero-order valence-electron chi connectivity index (χ0n) is 9.70. The van der Waals surface area contributed by atoms with Crippen molar-refractivity contribution in [3.05, 3.63) is 35.0 Å². The number of benzene rings is 1. The van der Waals surface area contributed by atoms with Crippen LogP contribution in [0.15, 0.2) is 24.3 Å². The van der Waals surface area contributed by atoms with Crippen LogP contribution in [-0.4, -0.2) is 11.1 Å². The first-order chi connectivity index (χ1) is 7.63. The Morgan fingerprint density at radius 1 is 1.31 bits per heavy atom. The standard InChI is InChI=1S/C13H17ClN2/c1-9(2)16-12(5-6-15)7-10-3-4-11(14)8-13(10)16/h3-4,7-9H,5-6,15H2,1-2H3. The van der Waals surface area contributed by atoms with E-state index in [0.717, 1.165) is 11.4 Å². The van der Waals surface area contributed by atoms with Crippen LogP contribution in [0.5, 0.6) is 0 Å². The maximum absolute atomic E-state index is 6.04. The summed E-state index contributed by atoms with van der Waals surface area (Å²) >= 11 is 6.04. The van der Waals surface area contributed by atoms with Gasteiger partial charge in [0.15, 0.2) is 0 Å². The quantitative estimate of drug-likeness (QED) is 0.870. The zero-order valence-corrected chi connectivity index (χ0v) is 10.5. The third-order valence-electron chi connectivity index (χ3n) is 2.80. The van der Waals surface area contributed by atoms with Gasteiger partial charge in [-0.15, -0.1) is 0 Å². The predicted octanol–water partition coefficient (Wildman–Crippen LogP) is 3.38. The number of aromatic nitrogens is 1. The van der Waals surface area contributed by atoms with Crippen LogP contribution in [-0.2, 0) is 6.42 Å². The van der Waals surface area contributed by atoms with E-state index in [1.807, 2.05) is 12.1 Å². The first-order valence-electron chi connectivity index (χ1n) is 5.63. The largest absolute Gasteiger partial charge is 0.342 e. The SMILES string of the molecule is CC(C)n1c(CCN)cc2ccc(Cl)cc21. The Bertz CT molecular complexity index is 500. The summed E-state index contributed by atoms with van der Waals surface area (Å²) in [6.45, 7) is 5.04. The van der Waals surface area contributed by atoms with Crippen molar-refractivity contribution in [3.63, 3.8) is 0 Å². The van der Waals surface area contributed by atoms with E-state index < -0.39 is 0 Å². The Kier molecular flexibility index (Phi) is 3.22. The van der Waals surface area contributed by atoms with Crippen molar-refractivity contribution < 1.29 is 0 Å². The highest BCUT2D eigenvalue weighted by Crippen LogP contribution is 2.26. The molecule has 0 aliphatic carbocycles. The van der Waals surface area contributed by atoms with Crippen LogP contribution in [0.4, 0.5) is 0 Å². The summed E-state index contributed by atoms with van der Waals surface area (Å²) in [4.78, 5) is 0. The van der Waals surface area contributed by atoms with E-state index >= 15 is 0 Å². The minimum absolute atomic E-state index is 0.428. The van der Waals surface area contributed by atoms with Gasteiger partial charge in [0.1, 0.15) is 0 Å². The van der Waals surface area contributed by atoms with Crippen molar-refractivity contribution in [1.82, 2.24) is 4.57 Å². The molecule has 3 heteroatoms. The van der Waals surface area contributed by atoms with Gasteiger partial charge in [-0.25, -0.2) is 0 Å². The first kappa shape index (κ1) is 11.5. The van der Waals surface area contributed by atoms with Crippen molar-refractivity contribution in [2.75, 3.05) is 6.54 Å². The molecule has 0 aliphatic heterocycles. The van der Waals surface area contributed by atoms with Crippen LogP contribution in [0, 0.1) is 0 Å². The van der Waals surface area contributed by atoms with E-state index in [2.05, 4.69) is 30.5 Å². The van der Waals surface area contributed by atoms with Crippen LogP contribution in [0.1, 0.15) is 25.6 Å². The van der Waals surface area contributed by atoms with Gasteiger partial charge >= 0.3 is 0 Å². The molecule has 2 aromatic rings. The van der Waals surface area contributed by atoms with E-state index in [-0.39, 0.29) is 0 Å². The molecule has 0 saturated heterocycles. The molecule has 2 nitrogen and oxygen atoms in total. The maximum Gasteiger partial charge on any atom is 0.0499 e. The summed E-state index contributed by atoms with van der Waals surface area (Å²) in [5.41, 5.74) is 8.13. The molecule has 16 heavy (non-hydrogen) atoms. The molecule has 0 unspecified atom stereocenters. The normalized spacial score (nSPS) is 11.6. The fourth-order valence-electron chi connectivity index (χ4n) is 2.20. The fraction of sp³-hybridized carbons (Fsp3) is 0.385. The van der Waals surface area contributed by atoms with Crippen molar-refractivity contribution in [2.24, 2.45) is 5.73 Å². The van der Waals surface area contributed by atoms with E-state index in [0.29, 0.717) is 12.6 Å². The lowest BCUT2D eigenvalue weighted by Crippen LogP contribution is -2.10. The fourth-order valence-corrected chi connectivity index (χ4v) is 2.37. The number of nitrogens with two attached hydrogens (primary N) is 1. The van der Waals surface area contributed by atoms with Crippen LogP contribution >= 0.6 is 11.6 Å². The molecule has 0 bridgehead atoms. The highest BCUT2D eigenvalue weighted by atomic mass is 35.5. The van der Waals surface area contributed by atoms with E-state index in [4.69, 9.17) is 17.3 Å². The molecule has 0 atom stereocenters. The lowest BCUT2D eigenvalue weighted by atomic mass is 10.2. The predicted molar refractivity (Wildman–Crippen MR) is 70.1 cm³/mol. The number of hydrogen-bond donors (Lipinski definition) is 1. The Hall–Kier alpha value is -0.990. The second-order valence-corrected chi connectivity index (χ2v) is 4.78. The lowest BCUT2D eigenvalue weighted by Gasteiger charge is -2.14. The van der Waals surface area contributed by atoms with Crippen molar-refractivity contribution in [1.29, 1.82) is 0 Å². The van der Waals surface area contributed by atoms with E-state index in [1.165, 1.54) is 16.6 Å². The Morgan fingerprint density at radius 3 is 2.69 bits per heavy atom.